The minimum Gasteiger partial charge on any atom is -0.356 e. The van der Waals surface area contributed by atoms with Gasteiger partial charge in [-0.2, -0.15) is 0 Å². The second-order valence-corrected chi connectivity index (χ2v) is 5.91. The van der Waals surface area contributed by atoms with Crippen molar-refractivity contribution in [3.05, 3.63) is 22.8 Å². The van der Waals surface area contributed by atoms with Gasteiger partial charge in [-0.25, -0.2) is 4.98 Å². The van der Waals surface area contributed by atoms with E-state index in [-0.39, 0.29) is 0 Å². The molecule has 0 radical (unpaired) electrons. The first-order valence-corrected chi connectivity index (χ1v) is 7.66. The van der Waals surface area contributed by atoms with Crippen molar-refractivity contribution in [2.75, 3.05) is 31.1 Å². The summed E-state index contributed by atoms with van der Waals surface area (Å²) in [6.07, 6.45) is 5.69. The summed E-state index contributed by atoms with van der Waals surface area (Å²) in [6.45, 7) is 6.77. The van der Waals surface area contributed by atoms with Crippen molar-refractivity contribution in [2.24, 2.45) is 5.92 Å². The van der Waals surface area contributed by atoms with Crippen molar-refractivity contribution < 1.29 is 0 Å². The maximum Gasteiger partial charge on any atom is 0.128 e. The molecule has 18 heavy (non-hydrogen) atoms. The molecule has 0 bridgehead atoms. The predicted molar refractivity (Wildman–Crippen MR) is 80.0 cm³/mol. The molecule has 1 fully saturated rings. The number of piperidine rings is 1. The third-order valence-corrected chi connectivity index (χ3v) is 3.88. The van der Waals surface area contributed by atoms with E-state index in [4.69, 9.17) is 0 Å². The van der Waals surface area contributed by atoms with Crippen molar-refractivity contribution >= 4 is 21.7 Å². The molecule has 2 rings (SSSR count). The van der Waals surface area contributed by atoms with Crippen LogP contribution in [0.15, 0.2) is 22.8 Å². The molecule has 4 heteroatoms. The van der Waals surface area contributed by atoms with Gasteiger partial charge in [0.2, 0.25) is 0 Å². The number of nitrogens with one attached hydrogen (secondary N) is 1. The highest BCUT2D eigenvalue weighted by molar-refractivity contribution is 9.10. The fourth-order valence-corrected chi connectivity index (χ4v) is 2.75. The third kappa shape index (κ3) is 3.95. The van der Waals surface area contributed by atoms with E-state index < -0.39 is 0 Å². The largest absolute Gasteiger partial charge is 0.356 e. The Hall–Kier alpha value is -0.610. The molecule has 3 nitrogen and oxygen atoms in total. The highest BCUT2D eigenvalue weighted by Crippen LogP contribution is 2.19. The van der Waals surface area contributed by atoms with E-state index in [9.17, 15) is 0 Å². The summed E-state index contributed by atoms with van der Waals surface area (Å²) in [7, 11) is 0. The number of hydrogen-bond acceptors (Lipinski definition) is 3. The lowest BCUT2D eigenvalue weighted by Gasteiger charge is -2.30. The van der Waals surface area contributed by atoms with Crippen LogP contribution in [0.3, 0.4) is 0 Å². The lowest BCUT2D eigenvalue weighted by Crippen LogP contribution is -2.39. The number of rotatable bonds is 5. The topological polar surface area (TPSA) is 28.2 Å². The number of halogens is 1. The summed E-state index contributed by atoms with van der Waals surface area (Å²) in [5, 5.41) is 3.49. The highest BCUT2D eigenvalue weighted by atomic mass is 79.9. The Balaban J connectivity index is 2.00. The normalized spacial score (nSPS) is 19.8. The van der Waals surface area contributed by atoms with Crippen molar-refractivity contribution in [1.82, 2.24) is 10.3 Å². The number of aromatic nitrogens is 1. The maximum absolute atomic E-state index is 4.52. The zero-order valence-corrected chi connectivity index (χ0v) is 12.6. The highest BCUT2D eigenvalue weighted by Gasteiger charge is 2.17. The first-order valence-electron chi connectivity index (χ1n) is 6.87. The number of anilines is 1. The Morgan fingerprint density at radius 1 is 1.50 bits per heavy atom. The van der Waals surface area contributed by atoms with Gasteiger partial charge in [-0.3, -0.25) is 0 Å². The molecule has 1 saturated heterocycles. The second-order valence-electron chi connectivity index (χ2n) is 4.99. The minimum atomic E-state index is 0.760. The van der Waals surface area contributed by atoms with E-state index >= 15 is 0 Å². The van der Waals surface area contributed by atoms with Gasteiger partial charge in [0, 0.05) is 23.8 Å². The maximum atomic E-state index is 4.52. The first-order chi connectivity index (χ1) is 8.79. The predicted octanol–water partition coefficient (Wildman–Crippen LogP) is 3.06. The summed E-state index contributed by atoms with van der Waals surface area (Å²) in [5.41, 5.74) is 0. The smallest absolute Gasteiger partial charge is 0.128 e. The quantitative estimate of drug-likeness (QED) is 0.906. The molecule has 0 spiro atoms. The molecule has 1 aromatic heterocycles. The Labute approximate surface area is 118 Å². The molecular weight excluding hydrogens is 290 g/mol. The Bertz CT molecular complexity index is 347. The van der Waals surface area contributed by atoms with Crippen molar-refractivity contribution in [3.8, 4) is 0 Å². The molecule has 1 atom stereocenters. The standard InChI is InChI=1S/C14H22BrN3/c1-2-8-18(11-12-4-3-7-16-9-12)14-6-5-13(15)10-17-14/h5-6,10,12,16H,2-4,7-9,11H2,1H3. The Morgan fingerprint density at radius 2 is 2.39 bits per heavy atom. The number of hydrogen-bond donors (Lipinski definition) is 1. The monoisotopic (exact) mass is 311 g/mol. The second kappa shape index (κ2) is 7.10. The Kier molecular flexibility index (Phi) is 5.45. The molecule has 0 saturated carbocycles. The van der Waals surface area contributed by atoms with Crippen molar-refractivity contribution in [2.45, 2.75) is 26.2 Å². The number of pyridine rings is 1. The van der Waals surface area contributed by atoms with Crippen LogP contribution in [-0.4, -0.2) is 31.2 Å². The summed E-state index contributed by atoms with van der Waals surface area (Å²) in [5.74, 6) is 1.86. The molecule has 0 amide bonds. The number of nitrogens with zero attached hydrogens (tertiary/aromatic N) is 2. The minimum absolute atomic E-state index is 0.760. The van der Waals surface area contributed by atoms with Crippen molar-refractivity contribution in [1.29, 1.82) is 0 Å². The lowest BCUT2D eigenvalue weighted by molar-refractivity contribution is 0.376. The molecule has 1 aromatic rings. The van der Waals surface area contributed by atoms with Crippen LogP contribution >= 0.6 is 15.9 Å². The molecule has 1 aliphatic rings. The van der Waals surface area contributed by atoms with Crippen LogP contribution in [-0.2, 0) is 0 Å². The van der Waals surface area contributed by atoms with Crippen LogP contribution in [0.2, 0.25) is 0 Å². The van der Waals surface area contributed by atoms with E-state index in [1.165, 1.54) is 19.4 Å². The van der Waals surface area contributed by atoms with E-state index in [1.807, 2.05) is 6.20 Å². The van der Waals surface area contributed by atoms with Gasteiger partial charge in [0.1, 0.15) is 5.82 Å². The molecule has 0 aromatic carbocycles. The van der Waals surface area contributed by atoms with Crippen LogP contribution in [0.25, 0.3) is 0 Å². The molecule has 1 aliphatic heterocycles. The summed E-state index contributed by atoms with van der Waals surface area (Å²) >= 11 is 3.44. The van der Waals surface area contributed by atoms with Gasteiger partial charge in [0.15, 0.2) is 0 Å². The molecule has 100 valence electrons. The molecule has 1 unspecified atom stereocenters. The van der Waals surface area contributed by atoms with Crippen LogP contribution in [0.1, 0.15) is 26.2 Å². The van der Waals surface area contributed by atoms with Gasteiger partial charge in [-0.15, -0.1) is 0 Å². The fourth-order valence-electron chi connectivity index (χ4n) is 2.52. The van der Waals surface area contributed by atoms with Gasteiger partial charge in [0.25, 0.3) is 0 Å². The summed E-state index contributed by atoms with van der Waals surface area (Å²) in [4.78, 5) is 6.94. The van der Waals surface area contributed by atoms with Crippen molar-refractivity contribution in [3.63, 3.8) is 0 Å². The third-order valence-electron chi connectivity index (χ3n) is 3.41. The van der Waals surface area contributed by atoms with E-state index in [2.05, 4.69) is 50.2 Å². The zero-order chi connectivity index (χ0) is 12.8. The molecule has 1 N–H and O–H groups in total. The van der Waals surface area contributed by atoms with Gasteiger partial charge >= 0.3 is 0 Å². The van der Waals surface area contributed by atoms with Gasteiger partial charge < -0.3 is 10.2 Å². The Morgan fingerprint density at radius 3 is 3.00 bits per heavy atom. The average Bonchev–Trinajstić information content (AvgIpc) is 2.40. The molecular formula is C14H22BrN3. The van der Waals surface area contributed by atoms with Gasteiger partial charge in [-0.1, -0.05) is 6.92 Å². The molecule has 0 aliphatic carbocycles. The molecule has 2 heterocycles. The van der Waals surface area contributed by atoms with E-state index in [0.29, 0.717) is 0 Å². The van der Waals surface area contributed by atoms with Crippen LogP contribution in [0.4, 0.5) is 5.82 Å². The van der Waals surface area contributed by atoms with Gasteiger partial charge in [-0.05, 0) is 66.3 Å². The van der Waals surface area contributed by atoms with Crippen LogP contribution in [0.5, 0.6) is 0 Å². The van der Waals surface area contributed by atoms with E-state index in [1.54, 1.807) is 0 Å². The summed E-state index contributed by atoms with van der Waals surface area (Å²) < 4.78 is 1.04. The SMILES string of the molecule is CCCN(CC1CCCNC1)c1ccc(Br)cn1. The summed E-state index contributed by atoms with van der Waals surface area (Å²) in [6, 6.07) is 4.18. The fraction of sp³-hybridized carbons (Fsp3) is 0.643. The zero-order valence-electron chi connectivity index (χ0n) is 11.0. The average molecular weight is 312 g/mol. The lowest BCUT2D eigenvalue weighted by atomic mass is 9.99. The van der Waals surface area contributed by atoms with Crippen LogP contribution < -0.4 is 10.2 Å². The van der Waals surface area contributed by atoms with Gasteiger partial charge in [0.05, 0.1) is 0 Å². The first kappa shape index (κ1) is 13.8. The van der Waals surface area contributed by atoms with E-state index in [0.717, 1.165) is 42.3 Å². The van der Waals surface area contributed by atoms with Crippen LogP contribution in [0, 0.1) is 5.92 Å².